The van der Waals surface area contributed by atoms with Crippen LogP contribution in [0.25, 0.3) is 0 Å². The Morgan fingerprint density at radius 1 is 1.33 bits per heavy atom. The molecule has 0 aliphatic carbocycles. The first-order valence-electron chi connectivity index (χ1n) is 6.88. The molecule has 0 spiro atoms. The second-order valence-corrected chi connectivity index (χ2v) is 5.26. The fraction of sp³-hybridized carbons (Fsp3) is 0.312. The molecule has 0 fully saturated rings. The van der Waals surface area contributed by atoms with Gasteiger partial charge in [0.25, 0.3) is 0 Å². The summed E-state index contributed by atoms with van der Waals surface area (Å²) in [5, 5.41) is 12.2. The predicted octanol–water partition coefficient (Wildman–Crippen LogP) is 2.97. The Bertz CT molecular complexity index is 686. The first-order valence-corrected chi connectivity index (χ1v) is 6.88. The molecule has 1 aromatic carbocycles. The first-order chi connectivity index (χ1) is 10.0. The highest BCUT2D eigenvalue weighted by Crippen LogP contribution is 2.21. The number of nitrogens with zero attached hydrogens (tertiary/aromatic N) is 3. The van der Waals surface area contributed by atoms with E-state index in [0.29, 0.717) is 17.9 Å². The van der Waals surface area contributed by atoms with Crippen molar-refractivity contribution < 1.29 is 0 Å². The molecule has 0 unspecified atom stereocenters. The molecule has 5 heteroatoms. The van der Waals surface area contributed by atoms with Gasteiger partial charge in [-0.05, 0) is 24.6 Å². The number of nitrogens with one attached hydrogen (secondary N) is 1. The van der Waals surface area contributed by atoms with Crippen molar-refractivity contribution in [1.82, 2.24) is 9.97 Å². The summed E-state index contributed by atoms with van der Waals surface area (Å²) in [5.41, 5.74) is 8.46. The number of benzene rings is 1. The Hall–Kier alpha value is -2.61. The molecular formula is C16H19N5. The molecule has 2 aromatic rings. The van der Waals surface area contributed by atoms with Gasteiger partial charge in [-0.3, -0.25) is 0 Å². The Kier molecular flexibility index (Phi) is 4.39. The van der Waals surface area contributed by atoms with Crippen molar-refractivity contribution in [1.29, 1.82) is 5.26 Å². The van der Waals surface area contributed by atoms with Crippen LogP contribution >= 0.6 is 0 Å². The fourth-order valence-corrected chi connectivity index (χ4v) is 1.92. The van der Waals surface area contributed by atoms with E-state index in [1.807, 2.05) is 39.0 Å². The van der Waals surface area contributed by atoms with Crippen LogP contribution in [0.2, 0.25) is 0 Å². The van der Waals surface area contributed by atoms with Crippen LogP contribution in [0.3, 0.4) is 0 Å². The Balaban J connectivity index is 2.21. The van der Waals surface area contributed by atoms with Crippen LogP contribution in [0.15, 0.2) is 24.3 Å². The van der Waals surface area contributed by atoms with Crippen molar-refractivity contribution in [2.45, 2.75) is 33.2 Å². The highest BCUT2D eigenvalue weighted by Gasteiger charge is 2.11. The van der Waals surface area contributed by atoms with Crippen molar-refractivity contribution in [2.24, 2.45) is 0 Å². The van der Waals surface area contributed by atoms with E-state index in [2.05, 4.69) is 21.4 Å². The minimum atomic E-state index is 0.218. The summed E-state index contributed by atoms with van der Waals surface area (Å²) in [4.78, 5) is 8.82. The Labute approximate surface area is 124 Å². The van der Waals surface area contributed by atoms with E-state index in [-0.39, 0.29) is 5.92 Å². The van der Waals surface area contributed by atoms with Crippen LogP contribution in [-0.4, -0.2) is 9.97 Å². The number of rotatable bonds is 4. The van der Waals surface area contributed by atoms with Gasteiger partial charge in [-0.15, -0.1) is 0 Å². The van der Waals surface area contributed by atoms with E-state index in [4.69, 9.17) is 11.0 Å². The van der Waals surface area contributed by atoms with Crippen LogP contribution in [0.1, 0.15) is 42.3 Å². The summed E-state index contributed by atoms with van der Waals surface area (Å²) in [6.45, 7) is 6.55. The number of anilines is 2. The van der Waals surface area contributed by atoms with Gasteiger partial charge in [-0.2, -0.15) is 5.26 Å². The quantitative estimate of drug-likeness (QED) is 0.899. The highest BCUT2D eigenvalue weighted by molar-refractivity contribution is 5.55. The molecule has 0 atom stereocenters. The van der Waals surface area contributed by atoms with Gasteiger partial charge in [0.1, 0.15) is 17.5 Å². The summed E-state index contributed by atoms with van der Waals surface area (Å²) < 4.78 is 0. The smallest absolute Gasteiger partial charge is 0.135 e. The van der Waals surface area contributed by atoms with Crippen LogP contribution in [0, 0.1) is 18.3 Å². The van der Waals surface area contributed by atoms with Crippen LogP contribution in [-0.2, 0) is 6.54 Å². The zero-order valence-electron chi connectivity index (χ0n) is 12.5. The summed E-state index contributed by atoms with van der Waals surface area (Å²) in [5.74, 6) is 2.19. The number of nitrogen functional groups attached to an aromatic ring is 1. The first kappa shape index (κ1) is 14.8. The van der Waals surface area contributed by atoms with E-state index in [1.54, 1.807) is 6.07 Å². The molecule has 0 saturated carbocycles. The second-order valence-electron chi connectivity index (χ2n) is 5.26. The normalized spacial score (nSPS) is 10.4. The molecule has 0 amide bonds. The molecule has 0 aliphatic heterocycles. The average Bonchev–Trinajstić information content (AvgIpc) is 2.48. The van der Waals surface area contributed by atoms with E-state index in [9.17, 15) is 0 Å². The molecule has 5 nitrogen and oxygen atoms in total. The molecule has 21 heavy (non-hydrogen) atoms. The van der Waals surface area contributed by atoms with E-state index in [0.717, 1.165) is 22.8 Å². The van der Waals surface area contributed by atoms with E-state index >= 15 is 0 Å². The minimum absolute atomic E-state index is 0.218. The third-order valence-electron chi connectivity index (χ3n) is 3.23. The lowest BCUT2D eigenvalue weighted by Gasteiger charge is -2.13. The highest BCUT2D eigenvalue weighted by atomic mass is 15.1. The summed E-state index contributed by atoms with van der Waals surface area (Å²) in [7, 11) is 0. The minimum Gasteiger partial charge on any atom is -0.383 e. The third kappa shape index (κ3) is 3.48. The molecule has 0 saturated heterocycles. The number of hydrogen-bond donors (Lipinski definition) is 2. The van der Waals surface area contributed by atoms with Gasteiger partial charge in [0.2, 0.25) is 0 Å². The molecule has 2 rings (SSSR count). The number of hydrogen-bond acceptors (Lipinski definition) is 5. The van der Waals surface area contributed by atoms with Gasteiger partial charge >= 0.3 is 0 Å². The molecule has 3 N–H and O–H groups in total. The van der Waals surface area contributed by atoms with Gasteiger partial charge < -0.3 is 11.1 Å². The van der Waals surface area contributed by atoms with Crippen LogP contribution < -0.4 is 11.1 Å². The molecule has 1 aromatic heterocycles. The van der Waals surface area contributed by atoms with Crippen molar-refractivity contribution in [2.75, 3.05) is 11.1 Å². The van der Waals surface area contributed by atoms with Crippen molar-refractivity contribution in [3.05, 3.63) is 46.8 Å². The van der Waals surface area contributed by atoms with Gasteiger partial charge in [-0.25, -0.2) is 9.97 Å². The maximum Gasteiger partial charge on any atom is 0.135 e. The Morgan fingerprint density at radius 3 is 2.76 bits per heavy atom. The predicted molar refractivity (Wildman–Crippen MR) is 83.8 cm³/mol. The molecular weight excluding hydrogens is 262 g/mol. The second kappa shape index (κ2) is 6.23. The number of aromatic nitrogens is 2. The number of nitrogens with two attached hydrogens (primary N) is 1. The Morgan fingerprint density at radius 2 is 2.10 bits per heavy atom. The van der Waals surface area contributed by atoms with Gasteiger partial charge in [0.05, 0.1) is 11.6 Å². The standard InChI is InChI=1S/C16H19N5/c1-10(2)15-20-14(18)11(3)16(21-15)19-9-13-6-4-5-12(7-13)8-17/h4-7,10H,9H2,1-3H3,(H3,18,19,20,21). The van der Waals surface area contributed by atoms with Crippen LogP contribution in [0.4, 0.5) is 11.6 Å². The monoisotopic (exact) mass is 281 g/mol. The van der Waals surface area contributed by atoms with Crippen LogP contribution in [0.5, 0.6) is 0 Å². The maximum absolute atomic E-state index is 8.92. The zero-order chi connectivity index (χ0) is 15.4. The number of nitriles is 1. The summed E-state index contributed by atoms with van der Waals surface area (Å²) in [6, 6.07) is 9.62. The van der Waals surface area contributed by atoms with Gasteiger partial charge in [0.15, 0.2) is 0 Å². The van der Waals surface area contributed by atoms with E-state index in [1.165, 1.54) is 0 Å². The molecule has 0 bridgehead atoms. The lowest BCUT2D eigenvalue weighted by Crippen LogP contribution is -2.10. The maximum atomic E-state index is 8.92. The molecule has 0 radical (unpaired) electrons. The molecule has 0 aliphatic rings. The lowest BCUT2D eigenvalue weighted by molar-refractivity contribution is 0.774. The molecule has 1 heterocycles. The summed E-state index contributed by atoms with van der Waals surface area (Å²) in [6.07, 6.45) is 0. The van der Waals surface area contributed by atoms with Crippen molar-refractivity contribution in [3.8, 4) is 6.07 Å². The van der Waals surface area contributed by atoms with Gasteiger partial charge in [-0.1, -0.05) is 26.0 Å². The third-order valence-corrected chi connectivity index (χ3v) is 3.23. The largest absolute Gasteiger partial charge is 0.383 e. The van der Waals surface area contributed by atoms with E-state index < -0.39 is 0 Å². The summed E-state index contributed by atoms with van der Waals surface area (Å²) >= 11 is 0. The SMILES string of the molecule is Cc1c(N)nc(C(C)C)nc1NCc1cccc(C#N)c1. The fourth-order valence-electron chi connectivity index (χ4n) is 1.92. The average molecular weight is 281 g/mol. The topological polar surface area (TPSA) is 87.6 Å². The van der Waals surface area contributed by atoms with Crippen molar-refractivity contribution >= 4 is 11.6 Å². The molecule has 108 valence electrons. The van der Waals surface area contributed by atoms with Gasteiger partial charge in [0, 0.05) is 18.0 Å². The lowest BCUT2D eigenvalue weighted by atomic mass is 10.1. The van der Waals surface area contributed by atoms with Crippen molar-refractivity contribution in [3.63, 3.8) is 0 Å². The zero-order valence-corrected chi connectivity index (χ0v) is 12.5.